The van der Waals surface area contributed by atoms with E-state index < -0.39 is 5.97 Å². The first-order chi connectivity index (χ1) is 11.6. The van der Waals surface area contributed by atoms with E-state index in [0.717, 1.165) is 67.9 Å². The summed E-state index contributed by atoms with van der Waals surface area (Å²) in [5.74, 6) is -0.803. The molecule has 2 N–H and O–H groups in total. The minimum Gasteiger partial charge on any atom is -0.481 e. The molecule has 130 valence electrons. The van der Waals surface area contributed by atoms with Gasteiger partial charge in [0.25, 0.3) is 0 Å². The number of carboxylic acid groups (broad SMARTS) is 1. The van der Waals surface area contributed by atoms with E-state index in [1.807, 2.05) is 30.9 Å². The molecule has 1 aliphatic heterocycles. The summed E-state index contributed by atoms with van der Waals surface area (Å²) in [7, 11) is 1.91. The van der Waals surface area contributed by atoms with E-state index in [1.165, 1.54) is 0 Å². The van der Waals surface area contributed by atoms with Gasteiger partial charge in [0, 0.05) is 25.5 Å². The topological polar surface area (TPSA) is 83.3 Å². The maximum absolute atomic E-state index is 11.0. The summed E-state index contributed by atoms with van der Waals surface area (Å²) in [4.78, 5) is 17.7. The first-order valence-electron chi connectivity index (χ1n) is 8.53. The number of fused-ring (bicyclic) bond motifs is 1. The molecule has 0 amide bonds. The van der Waals surface area contributed by atoms with Crippen LogP contribution in [0, 0.1) is 12.8 Å². The third-order valence-electron chi connectivity index (χ3n) is 4.80. The number of nitrogens with one attached hydrogen (secondary N) is 1. The highest BCUT2D eigenvalue weighted by atomic mass is 16.4. The monoisotopic (exact) mass is 331 g/mol. The number of aromatic nitrogens is 3. The molecule has 0 atom stereocenters. The highest BCUT2D eigenvalue weighted by Crippen LogP contribution is 2.24. The number of carbonyl (C=O) groups is 1. The molecule has 1 fully saturated rings. The zero-order valence-corrected chi connectivity index (χ0v) is 14.3. The van der Waals surface area contributed by atoms with Gasteiger partial charge in [0.05, 0.1) is 17.0 Å². The van der Waals surface area contributed by atoms with Gasteiger partial charge in [-0.2, -0.15) is 5.10 Å². The molecule has 24 heavy (non-hydrogen) atoms. The van der Waals surface area contributed by atoms with Crippen molar-refractivity contribution in [2.45, 2.75) is 26.2 Å². The molecule has 0 aromatic carbocycles. The van der Waals surface area contributed by atoms with Crippen LogP contribution in [0.25, 0.3) is 11.0 Å². The Morgan fingerprint density at radius 2 is 2.17 bits per heavy atom. The number of likely N-dealkylation sites (tertiary alicyclic amines) is 1. The van der Waals surface area contributed by atoms with Crippen LogP contribution >= 0.6 is 0 Å². The minimum atomic E-state index is -0.648. The third kappa shape index (κ3) is 3.51. The highest BCUT2D eigenvalue weighted by Gasteiger charge is 2.23. The first kappa shape index (κ1) is 16.7. The van der Waals surface area contributed by atoms with E-state index in [4.69, 9.17) is 5.11 Å². The van der Waals surface area contributed by atoms with Gasteiger partial charge in [0.1, 0.15) is 0 Å². The molecule has 1 saturated heterocycles. The Hall–Kier alpha value is -2.15. The molecule has 2 aromatic rings. The van der Waals surface area contributed by atoms with Gasteiger partial charge in [-0.05, 0) is 51.9 Å². The van der Waals surface area contributed by atoms with Crippen LogP contribution < -0.4 is 5.32 Å². The van der Waals surface area contributed by atoms with Crippen molar-refractivity contribution in [2.24, 2.45) is 13.0 Å². The molecule has 0 unspecified atom stereocenters. The summed E-state index contributed by atoms with van der Waals surface area (Å²) >= 11 is 0. The van der Waals surface area contributed by atoms with Gasteiger partial charge in [-0.15, -0.1) is 0 Å². The number of anilines is 1. The summed E-state index contributed by atoms with van der Waals surface area (Å²) in [6, 6.07) is 2.00. The van der Waals surface area contributed by atoms with Gasteiger partial charge in [0.15, 0.2) is 5.65 Å². The molecule has 2 aromatic heterocycles. The van der Waals surface area contributed by atoms with Crippen LogP contribution in [0.15, 0.2) is 12.3 Å². The lowest BCUT2D eigenvalue weighted by Crippen LogP contribution is -2.37. The third-order valence-corrected chi connectivity index (χ3v) is 4.80. The number of carboxylic acids is 1. The molecule has 0 aliphatic carbocycles. The smallest absolute Gasteiger partial charge is 0.306 e. The summed E-state index contributed by atoms with van der Waals surface area (Å²) in [6.07, 6.45) is 4.37. The summed E-state index contributed by atoms with van der Waals surface area (Å²) < 4.78 is 1.81. The van der Waals surface area contributed by atoms with E-state index >= 15 is 0 Å². The second kappa shape index (κ2) is 7.17. The molecule has 0 spiro atoms. The van der Waals surface area contributed by atoms with Crippen LogP contribution in [0.1, 0.15) is 25.0 Å². The predicted octanol–water partition coefficient (Wildman–Crippen LogP) is 1.88. The molecule has 3 rings (SSSR count). The maximum Gasteiger partial charge on any atom is 0.306 e. The lowest BCUT2D eigenvalue weighted by Gasteiger charge is -2.29. The maximum atomic E-state index is 11.0. The summed E-state index contributed by atoms with van der Waals surface area (Å²) in [5, 5.41) is 18.0. The lowest BCUT2D eigenvalue weighted by molar-refractivity contribution is -0.143. The Balaban J connectivity index is 1.49. The zero-order valence-electron chi connectivity index (χ0n) is 14.3. The van der Waals surface area contributed by atoms with Gasteiger partial charge in [-0.25, -0.2) is 4.98 Å². The standard InChI is InChI=1S/C17H25N5O2/c1-12-15-14(4-8-19-16(15)21(2)20-12)18-7-3-9-22-10-5-13(6-11-22)17(23)24/h4,8,13H,3,5-7,9-11H2,1-2H3,(H,18,19)(H,23,24). The molecule has 1 aliphatic rings. The Morgan fingerprint density at radius 1 is 1.42 bits per heavy atom. The van der Waals surface area contributed by atoms with E-state index in [-0.39, 0.29) is 5.92 Å². The lowest BCUT2D eigenvalue weighted by atomic mass is 9.97. The van der Waals surface area contributed by atoms with Crippen molar-refractivity contribution in [3.63, 3.8) is 0 Å². The van der Waals surface area contributed by atoms with Crippen molar-refractivity contribution in [1.29, 1.82) is 0 Å². The Morgan fingerprint density at radius 3 is 2.88 bits per heavy atom. The fraction of sp³-hybridized carbons (Fsp3) is 0.588. The van der Waals surface area contributed by atoms with Crippen LogP contribution in [-0.2, 0) is 11.8 Å². The normalized spacial score (nSPS) is 16.6. The van der Waals surface area contributed by atoms with Gasteiger partial charge in [0.2, 0.25) is 0 Å². The molecule has 0 saturated carbocycles. The van der Waals surface area contributed by atoms with Crippen LogP contribution in [0.4, 0.5) is 5.69 Å². The fourth-order valence-electron chi connectivity index (χ4n) is 3.45. The van der Waals surface area contributed by atoms with Crippen LogP contribution in [0.5, 0.6) is 0 Å². The number of aryl methyl sites for hydroxylation is 2. The molecular formula is C17H25N5O2. The Labute approximate surface area is 141 Å². The van der Waals surface area contributed by atoms with Crippen molar-refractivity contribution in [3.05, 3.63) is 18.0 Å². The molecule has 7 nitrogen and oxygen atoms in total. The van der Waals surface area contributed by atoms with Crippen LogP contribution in [-0.4, -0.2) is 56.9 Å². The number of hydrogen-bond donors (Lipinski definition) is 2. The highest BCUT2D eigenvalue weighted by molar-refractivity contribution is 5.91. The van der Waals surface area contributed by atoms with E-state index in [1.54, 1.807) is 0 Å². The molecule has 0 bridgehead atoms. The first-order valence-corrected chi connectivity index (χ1v) is 8.53. The Bertz CT molecular complexity index is 719. The number of hydrogen-bond acceptors (Lipinski definition) is 5. The van der Waals surface area contributed by atoms with Gasteiger partial charge < -0.3 is 15.3 Å². The molecule has 7 heteroatoms. The number of aliphatic carboxylic acids is 1. The number of rotatable bonds is 6. The minimum absolute atomic E-state index is 0.155. The number of nitrogens with zero attached hydrogens (tertiary/aromatic N) is 4. The van der Waals surface area contributed by atoms with Gasteiger partial charge >= 0.3 is 5.97 Å². The average Bonchev–Trinajstić information content (AvgIpc) is 2.87. The van der Waals surface area contributed by atoms with Crippen LogP contribution in [0.3, 0.4) is 0 Å². The zero-order chi connectivity index (χ0) is 17.1. The van der Waals surface area contributed by atoms with E-state index in [2.05, 4.69) is 20.3 Å². The van der Waals surface area contributed by atoms with Gasteiger partial charge in [-0.3, -0.25) is 9.48 Å². The predicted molar refractivity (Wildman–Crippen MR) is 93.2 cm³/mol. The van der Waals surface area contributed by atoms with Crippen molar-refractivity contribution in [3.8, 4) is 0 Å². The Kier molecular flexibility index (Phi) is 4.99. The van der Waals surface area contributed by atoms with Crippen molar-refractivity contribution in [2.75, 3.05) is 31.5 Å². The second-order valence-electron chi connectivity index (χ2n) is 6.50. The molecule has 3 heterocycles. The van der Waals surface area contributed by atoms with Crippen LogP contribution in [0.2, 0.25) is 0 Å². The quantitative estimate of drug-likeness (QED) is 0.786. The number of piperidine rings is 1. The fourth-order valence-corrected chi connectivity index (χ4v) is 3.45. The van der Waals surface area contributed by atoms with Crippen molar-refractivity contribution < 1.29 is 9.90 Å². The summed E-state index contributed by atoms with van der Waals surface area (Å²) in [5.41, 5.74) is 2.96. The van der Waals surface area contributed by atoms with Crippen molar-refractivity contribution in [1.82, 2.24) is 19.7 Å². The van der Waals surface area contributed by atoms with Crippen molar-refractivity contribution >= 4 is 22.7 Å². The average molecular weight is 331 g/mol. The molecular weight excluding hydrogens is 306 g/mol. The molecule has 0 radical (unpaired) electrons. The SMILES string of the molecule is Cc1nn(C)c2nccc(NCCCN3CCC(C(=O)O)CC3)c12. The van der Waals surface area contributed by atoms with E-state index in [9.17, 15) is 4.79 Å². The van der Waals surface area contributed by atoms with Gasteiger partial charge in [-0.1, -0.05) is 0 Å². The number of pyridine rings is 1. The second-order valence-corrected chi connectivity index (χ2v) is 6.50. The largest absolute Gasteiger partial charge is 0.481 e. The van der Waals surface area contributed by atoms with E-state index in [0.29, 0.717) is 0 Å². The summed E-state index contributed by atoms with van der Waals surface area (Å²) in [6.45, 7) is 5.66.